The number of anilines is 1. The van der Waals surface area contributed by atoms with Crippen molar-refractivity contribution in [2.75, 3.05) is 11.5 Å². The van der Waals surface area contributed by atoms with E-state index in [4.69, 9.17) is 5.11 Å². The molecule has 0 saturated heterocycles. The number of rotatable bonds is 6. The first-order chi connectivity index (χ1) is 13.5. The zero-order chi connectivity index (χ0) is 20.1. The number of benzene rings is 1. The van der Waals surface area contributed by atoms with Crippen LogP contribution in [-0.4, -0.2) is 43.8 Å². The molecule has 0 bridgehead atoms. The van der Waals surface area contributed by atoms with Crippen molar-refractivity contribution in [3.8, 4) is 5.75 Å². The quantitative estimate of drug-likeness (QED) is 0.698. The van der Waals surface area contributed by atoms with Crippen LogP contribution in [0.2, 0.25) is 0 Å². The van der Waals surface area contributed by atoms with Gasteiger partial charge in [-0.2, -0.15) is 0 Å². The molecule has 0 radical (unpaired) electrons. The summed E-state index contributed by atoms with van der Waals surface area (Å²) >= 11 is 0. The van der Waals surface area contributed by atoms with Gasteiger partial charge in [0.1, 0.15) is 17.9 Å². The van der Waals surface area contributed by atoms with Crippen molar-refractivity contribution in [3.63, 3.8) is 0 Å². The third-order valence-corrected chi connectivity index (χ3v) is 5.03. The van der Waals surface area contributed by atoms with Crippen LogP contribution in [0.1, 0.15) is 59.8 Å². The van der Waals surface area contributed by atoms with Gasteiger partial charge in [-0.15, -0.1) is 0 Å². The molecule has 1 aliphatic carbocycles. The number of aromatic nitrogens is 2. The Morgan fingerprint density at radius 3 is 2.43 bits per heavy atom. The van der Waals surface area contributed by atoms with Crippen molar-refractivity contribution >= 4 is 17.6 Å². The lowest BCUT2D eigenvalue weighted by molar-refractivity contribution is -0.121. The highest BCUT2D eigenvalue weighted by Crippen LogP contribution is 2.31. The maximum Gasteiger partial charge on any atom is 0.339 e. The fourth-order valence-electron chi connectivity index (χ4n) is 3.50. The molecule has 28 heavy (non-hydrogen) atoms. The van der Waals surface area contributed by atoms with E-state index >= 15 is 0 Å². The fourth-order valence-corrected chi connectivity index (χ4v) is 3.50. The van der Waals surface area contributed by atoms with Gasteiger partial charge in [0.2, 0.25) is 0 Å². The molecule has 1 heterocycles. The van der Waals surface area contributed by atoms with Crippen LogP contribution < -0.4 is 4.90 Å². The normalized spacial score (nSPS) is 14.6. The van der Waals surface area contributed by atoms with Gasteiger partial charge in [-0.05, 0) is 25.0 Å². The van der Waals surface area contributed by atoms with E-state index in [1.165, 1.54) is 42.4 Å². The molecule has 1 aliphatic rings. The molecule has 1 aromatic heterocycles. The highest BCUT2D eigenvalue weighted by Gasteiger charge is 2.20. The van der Waals surface area contributed by atoms with Gasteiger partial charge in [0.15, 0.2) is 0 Å². The van der Waals surface area contributed by atoms with Gasteiger partial charge >= 0.3 is 5.97 Å². The Hall–Kier alpha value is -3.00. The third-order valence-electron chi connectivity index (χ3n) is 5.03. The fraction of sp³-hybridized carbons (Fsp3) is 0.400. The molecule has 1 aromatic carbocycles. The summed E-state index contributed by atoms with van der Waals surface area (Å²) in [5.41, 5.74) is 1.48. The Morgan fingerprint density at radius 1 is 1.11 bits per heavy atom. The molecule has 0 unspecified atom stereocenters. The number of nitrogens with zero attached hydrogens (tertiary/aromatic N) is 3. The number of aromatic hydroxyl groups is 1. The zero-order valence-corrected chi connectivity index (χ0v) is 15.4. The minimum Gasteiger partial charge on any atom is -0.507 e. The van der Waals surface area contributed by atoms with E-state index in [2.05, 4.69) is 9.97 Å². The summed E-state index contributed by atoms with van der Waals surface area (Å²) in [7, 11) is 0. The van der Waals surface area contributed by atoms with Crippen molar-refractivity contribution in [3.05, 3.63) is 47.5 Å². The second-order valence-electron chi connectivity index (χ2n) is 6.91. The summed E-state index contributed by atoms with van der Waals surface area (Å²) in [4.78, 5) is 33.4. The summed E-state index contributed by atoms with van der Waals surface area (Å²) in [6.45, 7) is -0.682. The highest BCUT2D eigenvalue weighted by atomic mass is 16.4. The van der Waals surface area contributed by atoms with Crippen molar-refractivity contribution in [2.24, 2.45) is 0 Å². The zero-order valence-electron chi connectivity index (χ0n) is 15.4. The highest BCUT2D eigenvalue weighted by molar-refractivity contribution is 5.96. The lowest BCUT2D eigenvalue weighted by atomic mass is 9.87. The van der Waals surface area contributed by atoms with E-state index in [1.54, 1.807) is 12.4 Å². The van der Waals surface area contributed by atoms with E-state index in [1.807, 2.05) is 0 Å². The first-order valence-electron chi connectivity index (χ1n) is 9.28. The van der Waals surface area contributed by atoms with E-state index in [0.717, 1.165) is 18.5 Å². The number of phenols is 1. The number of carboxylic acid groups (broad SMARTS) is 1. The van der Waals surface area contributed by atoms with Gasteiger partial charge in [-0.1, -0.05) is 19.3 Å². The molecule has 0 atom stereocenters. The van der Waals surface area contributed by atoms with Crippen LogP contribution in [0.15, 0.2) is 30.6 Å². The summed E-state index contributed by atoms with van der Waals surface area (Å²) in [6, 6.07) is 3.80. The van der Waals surface area contributed by atoms with E-state index in [-0.39, 0.29) is 17.8 Å². The smallest absolute Gasteiger partial charge is 0.339 e. The molecule has 3 N–H and O–H groups in total. The summed E-state index contributed by atoms with van der Waals surface area (Å²) in [5, 5.41) is 28.2. The predicted molar refractivity (Wildman–Crippen MR) is 101 cm³/mol. The number of aromatic carboxylic acids is 1. The second-order valence-corrected chi connectivity index (χ2v) is 6.91. The standard InChI is InChI=1S/C20H23N3O5/c24-12-19(26)23(15-6-7-16(20(27)28)18(25)8-15)11-14-9-22-17(10-21-14)13-4-2-1-3-5-13/h6-10,13,24-25H,1-5,11-12H2,(H,27,28). The van der Waals surface area contributed by atoms with Crippen molar-refractivity contribution < 1.29 is 24.9 Å². The Kier molecular flexibility index (Phi) is 6.20. The third kappa shape index (κ3) is 4.45. The molecule has 148 valence electrons. The summed E-state index contributed by atoms with van der Waals surface area (Å²) < 4.78 is 0. The molecule has 2 aromatic rings. The summed E-state index contributed by atoms with van der Waals surface area (Å²) in [5.74, 6) is -1.90. The Morgan fingerprint density at radius 2 is 1.86 bits per heavy atom. The number of aliphatic hydroxyl groups excluding tert-OH is 1. The minimum atomic E-state index is -1.27. The SMILES string of the molecule is O=C(O)c1ccc(N(Cc2cnc(C3CCCCC3)cn2)C(=O)CO)cc1O. The van der Waals surface area contributed by atoms with Gasteiger partial charge in [-0.25, -0.2) is 4.79 Å². The van der Waals surface area contributed by atoms with Crippen LogP contribution in [0.4, 0.5) is 5.69 Å². The maximum absolute atomic E-state index is 12.2. The average Bonchev–Trinajstić information content (AvgIpc) is 2.72. The molecule has 8 heteroatoms. The lowest BCUT2D eigenvalue weighted by Crippen LogP contribution is -2.33. The van der Waals surface area contributed by atoms with Crippen LogP contribution in [0.25, 0.3) is 0 Å². The van der Waals surface area contributed by atoms with Crippen LogP contribution >= 0.6 is 0 Å². The maximum atomic E-state index is 12.2. The van der Waals surface area contributed by atoms with Crippen LogP contribution in [-0.2, 0) is 11.3 Å². The molecule has 1 fully saturated rings. The number of aliphatic hydroxyl groups is 1. The first-order valence-corrected chi connectivity index (χ1v) is 9.28. The van der Waals surface area contributed by atoms with Gasteiger partial charge in [0.25, 0.3) is 5.91 Å². The lowest BCUT2D eigenvalue weighted by Gasteiger charge is -2.23. The van der Waals surface area contributed by atoms with E-state index in [9.17, 15) is 19.8 Å². The molecule has 1 amide bonds. The molecular formula is C20H23N3O5. The largest absolute Gasteiger partial charge is 0.507 e. The molecule has 1 saturated carbocycles. The Bertz CT molecular complexity index is 847. The predicted octanol–water partition coefficient (Wildman–Crippen LogP) is 2.45. The topological polar surface area (TPSA) is 124 Å². The van der Waals surface area contributed by atoms with E-state index < -0.39 is 24.2 Å². The first kappa shape index (κ1) is 19.8. The second kappa shape index (κ2) is 8.79. The number of carbonyl (C=O) groups excluding carboxylic acids is 1. The van der Waals surface area contributed by atoms with Crippen molar-refractivity contribution in [1.82, 2.24) is 9.97 Å². The monoisotopic (exact) mass is 385 g/mol. The van der Waals surface area contributed by atoms with Gasteiger partial charge in [-0.3, -0.25) is 14.8 Å². The molecule has 8 nitrogen and oxygen atoms in total. The van der Waals surface area contributed by atoms with Crippen LogP contribution in [0.3, 0.4) is 0 Å². The summed E-state index contributed by atoms with van der Waals surface area (Å²) in [6.07, 6.45) is 9.22. The molecule has 0 aliphatic heterocycles. The van der Waals surface area contributed by atoms with Gasteiger partial charge in [0.05, 0.1) is 24.1 Å². The van der Waals surface area contributed by atoms with Crippen molar-refractivity contribution in [1.29, 1.82) is 0 Å². The van der Waals surface area contributed by atoms with E-state index in [0.29, 0.717) is 11.6 Å². The number of hydrogen-bond donors (Lipinski definition) is 3. The number of carboxylic acids is 1. The number of carbonyl (C=O) groups is 2. The molecule has 3 rings (SSSR count). The van der Waals surface area contributed by atoms with Crippen molar-refractivity contribution in [2.45, 2.75) is 44.6 Å². The minimum absolute atomic E-state index is 0.0448. The number of hydrogen-bond acceptors (Lipinski definition) is 6. The van der Waals surface area contributed by atoms with Crippen LogP contribution in [0, 0.1) is 0 Å². The Labute approximate surface area is 162 Å². The van der Waals surface area contributed by atoms with Gasteiger partial charge < -0.3 is 20.2 Å². The number of amides is 1. The van der Waals surface area contributed by atoms with Gasteiger partial charge in [0, 0.05) is 23.9 Å². The average molecular weight is 385 g/mol. The van der Waals surface area contributed by atoms with Crippen LogP contribution in [0.5, 0.6) is 5.75 Å². The molecule has 0 spiro atoms. The molecular weight excluding hydrogens is 362 g/mol. The Balaban J connectivity index is 1.80.